The quantitative estimate of drug-likeness (QED) is 0.872. The average Bonchev–Trinajstić information content (AvgIpc) is 2.67. The van der Waals surface area contributed by atoms with Crippen molar-refractivity contribution in [3.63, 3.8) is 0 Å². The number of H-pyrrole nitrogens is 1. The second-order valence-electron chi connectivity index (χ2n) is 6.13. The fourth-order valence-corrected chi connectivity index (χ4v) is 2.07. The van der Waals surface area contributed by atoms with Gasteiger partial charge in [-0.15, -0.1) is 0 Å². The van der Waals surface area contributed by atoms with E-state index in [2.05, 4.69) is 41.5 Å². The number of amides is 1. The Morgan fingerprint density at radius 1 is 1.26 bits per heavy atom. The standard InChI is InChI=1S/C16H22N2O/c1-11-9-13-10-12(5-6-14(13)18-11)7-8-17-15(19)16(2,3)4/h5-6,9-10,18H,7-8H2,1-4H3,(H,17,19). The summed E-state index contributed by atoms with van der Waals surface area (Å²) in [4.78, 5) is 15.1. The van der Waals surface area contributed by atoms with E-state index in [9.17, 15) is 4.79 Å². The zero-order valence-corrected chi connectivity index (χ0v) is 12.1. The summed E-state index contributed by atoms with van der Waals surface area (Å²) < 4.78 is 0. The van der Waals surface area contributed by atoms with Crippen LogP contribution in [-0.2, 0) is 11.2 Å². The highest BCUT2D eigenvalue weighted by Crippen LogP contribution is 2.17. The number of benzene rings is 1. The van der Waals surface area contributed by atoms with Gasteiger partial charge in [-0.05, 0) is 42.5 Å². The Balaban J connectivity index is 1.96. The number of aromatic amines is 1. The van der Waals surface area contributed by atoms with Crippen LogP contribution in [0.4, 0.5) is 0 Å². The maximum atomic E-state index is 11.8. The maximum Gasteiger partial charge on any atom is 0.225 e. The van der Waals surface area contributed by atoms with Crippen LogP contribution in [0.1, 0.15) is 32.0 Å². The van der Waals surface area contributed by atoms with Crippen molar-refractivity contribution in [3.05, 3.63) is 35.5 Å². The van der Waals surface area contributed by atoms with Crippen molar-refractivity contribution < 1.29 is 4.79 Å². The largest absolute Gasteiger partial charge is 0.359 e. The van der Waals surface area contributed by atoms with Crippen molar-refractivity contribution >= 4 is 16.8 Å². The molecule has 0 unspecified atom stereocenters. The van der Waals surface area contributed by atoms with Crippen molar-refractivity contribution in [2.45, 2.75) is 34.1 Å². The molecule has 1 aromatic heterocycles. The summed E-state index contributed by atoms with van der Waals surface area (Å²) in [6.45, 7) is 8.53. The summed E-state index contributed by atoms with van der Waals surface area (Å²) >= 11 is 0. The minimum atomic E-state index is -0.318. The van der Waals surface area contributed by atoms with Crippen molar-refractivity contribution in [1.82, 2.24) is 10.3 Å². The molecule has 2 rings (SSSR count). The molecule has 1 aromatic carbocycles. The maximum absolute atomic E-state index is 11.8. The smallest absolute Gasteiger partial charge is 0.225 e. The summed E-state index contributed by atoms with van der Waals surface area (Å²) in [7, 11) is 0. The highest BCUT2D eigenvalue weighted by atomic mass is 16.2. The van der Waals surface area contributed by atoms with Crippen LogP contribution in [0.2, 0.25) is 0 Å². The molecule has 0 radical (unpaired) electrons. The fraction of sp³-hybridized carbons (Fsp3) is 0.438. The lowest BCUT2D eigenvalue weighted by molar-refractivity contribution is -0.128. The zero-order valence-electron chi connectivity index (χ0n) is 12.1. The van der Waals surface area contributed by atoms with E-state index in [1.807, 2.05) is 20.8 Å². The molecule has 0 fully saturated rings. The summed E-state index contributed by atoms with van der Waals surface area (Å²) in [5, 5.41) is 4.21. The van der Waals surface area contributed by atoms with Crippen LogP contribution in [0, 0.1) is 12.3 Å². The third kappa shape index (κ3) is 3.37. The van der Waals surface area contributed by atoms with Gasteiger partial charge in [-0.25, -0.2) is 0 Å². The van der Waals surface area contributed by atoms with Gasteiger partial charge in [0, 0.05) is 23.2 Å². The summed E-state index contributed by atoms with van der Waals surface area (Å²) in [6, 6.07) is 8.54. The van der Waals surface area contributed by atoms with Crippen LogP contribution in [0.3, 0.4) is 0 Å². The van der Waals surface area contributed by atoms with E-state index in [0.717, 1.165) is 6.42 Å². The van der Waals surface area contributed by atoms with Crippen LogP contribution in [0.5, 0.6) is 0 Å². The number of carbonyl (C=O) groups excluding carboxylic acids is 1. The summed E-state index contributed by atoms with van der Waals surface area (Å²) in [5.74, 6) is 0.103. The van der Waals surface area contributed by atoms with E-state index in [1.54, 1.807) is 0 Å². The van der Waals surface area contributed by atoms with Gasteiger partial charge in [0.2, 0.25) is 5.91 Å². The molecule has 0 aliphatic rings. The van der Waals surface area contributed by atoms with Crippen LogP contribution in [0.25, 0.3) is 10.9 Å². The molecule has 3 nitrogen and oxygen atoms in total. The summed E-state index contributed by atoms with van der Waals surface area (Å²) in [6.07, 6.45) is 0.863. The van der Waals surface area contributed by atoms with E-state index >= 15 is 0 Å². The predicted molar refractivity (Wildman–Crippen MR) is 79.2 cm³/mol. The van der Waals surface area contributed by atoms with Gasteiger partial charge in [-0.2, -0.15) is 0 Å². The third-order valence-electron chi connectivity index (χ3n) is 3.20. The minimum absolute atomic E-state index is 0.103. The van der Waals surface area contributed by atoms with Crippen LogP contribution < -0.4 is 5.32 Å². The Labute approximate surface area is 114 Å². The number of carbonyl (C=O) groups is 1. The minimum Gasteiger partial charge on any atom is -0.359 e. The van der Waals surface area contributed by atoms with Crippen LogP contribution >= 0.6 is 0 Å². The molecular weight excluding hydrogens is 236 g/mol. The number of hydrogen-bond donors (Lipinski definition) is 2. The highest BCUT2D eigenvalue weighted by molar-refractivity contribution is 5.82. The SMILES string of the molecule is Cc1cc2cc(CCNC(=O)C(C)(C)C)ccc2[nH]1. The van der Waals surface area contributed by atoms with Gasteiger partial charge >= 0.3 is 0 Å². The fourth-order valence-electron chi connectivity index (χ4n) is 2.07. The van der Waals surface area contributed by atoms with Gasteiger partial charge in [0.15, 0.2) is 0 Å². The first kappa shape index (κ1) is 13.7. The molecule has 1 amide bonds. The molecule has 0 atom stereocenters. The van der Waals surface area contributed by atoms with E-state index < -0.39 is 0 Å². The molecule has 1 heterocycles. The van der Waals surface area contributed by atoms with Gasteiger partial charge < -0.3 is 10.3 Å². The van der Waals surface area contributed by atoms with E-state index in [-0.39, 0.29) is 11.3 Å². The second-order valence-corrected chi connectivity index (χ2v) is 6.13. The molecule has 0 aliphatic carbocycles. The molecule has 0 aliphatic heterocycles. The first-order valence-electron chi connectivity index (χ1n) is 6.73. The lowest BCUT2D eigenvalue weighted by Crippen LogP contribution is -2.35. The molecular formula is C16H22N2O. The number of aryl methyl sites for hydroxylation is 1. The Morgan fingerprint density at radius 2 is 2.00 bits per heavy atom. The molecule has 2 aromatic rings. The Kier molecular flexibility index (Phi) is 3.65. The highest BCUT2D eigenvalue weighted by Gasteiger charge is 2.20. The molecule has 19 heavy (non-hydrogen) atoms. The number of rotatable bonds is 3. The number of hydrogen-bond acceptors (Lipinski definition) is 1. The zero-order chi connectivity index (χ0) is 14.0. The molecule has 102 valence electrons. The Bertz CT molecular complexity index is 590. The van der Waals surface area contributed by atoms with Gasteiger partial charge in [0.05, 0.1) is 0 Å². The number of nitrogens with one attached hydrogen (secondary N) is 2. The lowest BCUT2D eigenvalue weighted by Gasteiger charge is -2.17. The van der Waals surface area contributed by atoms with Crippen molar-refractivity contribution in [2.24, 2.45) is 5.41 Å². The Morgan fingerprint density at radius 3 is 2.68 bits per heavy atom. The lowest BCUT2D eigenvalue weighted by atomic mass is 9.95. The van der Waals surface area contributed by atoms with Crippen LogP contribution in [-0.4, -0.2) is 17.4 Å². The first-order valence-corrected chi connectivity index (χ1v) is 6.73. The summed E-state index contributed by atoms with van der Waals surface area (Å²) in [5.41, 5.74) is 3.27. The van der Waals surface area contributed by atoms with Crippen molar-refractivity contribution in [2.75, 3.05) is 6.54 Å². The first-order chi connectivity index (χ1) is 8.86. The van der Waals surface area contributed by atoms with Gasteiger partial charge in [-0.1, -0.05) is 26.8 Å². The van der Waals surface area contributed by atoms with Crippen molar-refractivity contribution in [3.8, 4) is 0 Å². The monoisotopic (exact) mass is 258 g/mol. The average molecular weight is 258 g/mol. The van der Waals surface area contributed by atoms with E-state index in [0.29, 0.717) is 6.54 Å². The second kappa shape index (κ2) is 5.08. The van der Waals surface area contributed by atoms with Crippen molar-refractivity contribution in [1.29, 1.82) is 0 Å². The Hall–Kier alpha value is -1.77. The molecule has 2 N–H and O–H groups in total. The normalized spacial score (nSPS) is 11.8. The van der Waals surface area contributed by atoms with Gasteiger partial charge in [-0.3, -0.25) is 4.79 Å². The molecule has 3 heteroatoms. The number of fused-ring (bicyclic) bond motifs is 1. The molecule has 0 spiro atoms. The van der Waals surface area contributed by atoms with E-state index in [4.69, 9.17) is 0 Å². The molecule has 0 saturated carbocycles. The molecule has 0 saturated heterocycles. The topological polar surface area (TPSA) is 44.9 Å². The predicted octanol–water partition coefficient (Wildman–Crippen LogP) is 3.18. The third-order valence-corrected chi connectivity index (χ3v) is 3.20. The van der Waals surface area contributed by atoms with Gasteiger partial charge in [0.1, 0.15) is 0 Å². The van der Waals surface area contributed by atoms with Gasteiger partial charge in [0.25, 0.3) is 0 Å². The van der Waals surface area contributed by atoms with Crippen LogP contribution in [0.15, 0.2) is 24.3 Å². The molecule has 0 bridgehead atoms. The number of aromatic nitrogens is 1. The van der Waals surface area contributed by atoms with E-state index in [1.165, 1.54) is 22.2 Å².